The molecule has 2 N–H and O–H groups in total. The predicted octanol–water partition coefficient (Wildman–Crippen LogP) is 3.58. The topological polar surface area (TPSA) is 59.0 Å². The summed E-state index contributed by atoms with van der Waals surface area (Å²) in [4.78, 5) is 0.779. The van der Waals surface area contributed by atoms with E-state index in [1.54, 1.807) is 37.4 Å². The molecule has 0 aliphatic carbocycles. The number of benzene rings is 2. The molecule has 20 heavy (non-hydrogen) atoms. The van der Waals surface area contributed by atoms with Crippen LogP contribution in [0.3, 0.4) is 0 Å². The lowest BCUT2D eigenvalue weighted by atomic mass is 10.1. The molecule has 0 saturated heterocycles. The van der Waals surface area contributed by atoms with Gasteiger partial charge in [-0.3, -0.25) is 0 Å². The molecule has 5 heteroatoms. The molecule has 0 aliphatic rings. The fourth-order valence-corrected chi connectivity index (χ4v) is 2.62. The normalized spacial score (nSPS) is 10.1. The molecule has 2 aromatic rings. The van der Waals surface area contributed by atoms with Gasteiger partial charge in [0.2, 0.25) is 0 Å². The molecule has 2 aromatic carbocycles. The maximum absolute atomic E-state index is 13.4. The van der Waals surface area contributed by atoms with Gasteiger partial charge >= 0.3 is 0 Å². The largest absolute Gasteiger partial charge is 0.496 e. The van der Waals surface area contributed by atoms with Crippen molar-refractivity contribution in [2.45, 2.75) is 10.6 Å². The maximum atomic E-state index is 13.4. The van der Waals surface area contributed by atoms with Crippen molar-refractivity contribution < 1.29 is 9.13 Å². The van der Waals surface area contributed by atoms with Crippen LogP contribution < -0.4 is 10.5 Å². The highest BCUT2D eigenvalue weighted by Crippen LogP contribution is 2.29. The molecule has 0 radical (unpaired) electrons. The van der Waals surface area contributed by atoms with Crippen LogP contribution in [0.1, 0.15) is 11.1 Å². The second-order valence-corrected chi connectivity index (χ2v) is 5.16. The molecule has 0 bridgehead atoms. The Morgan fingerprint density at radius 3 is 2.75 bits per heavy atom. The van der Waals surface area contributed by atoms with Crippen molar-refractivity contribution in [1.82, 2.24) is 0 Å². The standard InChI is InChI=1S/C15H13FN2OS/c1-19-15-5-2-10(8-17)6-11(15)9-20-12-3-4-14(18)13(16)7-12/h2-7H,9,18H2,1H3. The van der Waals surface area contributed by atoms with Crippen LogP contribution >= 0.6 is 11.8 Å². The van der Waals surface area contributed by atoms with Crippen LogP contribution in [0.2, 0.25) is 0 Å². The summed E-state index contributed by atoms with van der Waals surface area (Å²) in [7, 11) is 1.58. The van der Waals surface area contributed by atoms with Crippen LogP contribution in [-0.4, -0.2) is 7.11 Å². The number of anilines is 1. The fourth-order valence-electron chi connectivity index (χ4n) is 1.72. The molecule has 0 unspecified atom stereocenters. The Morgan fingerprint density at radius 1 is 1.30 bits per heavy atom. The highest BCUT2D eigenvalue weighted by Gasteiger charge is 2.07. The molecule has 0 heterocycles. The van der Waals surface area contributed by atoms with Crippen molar-refractivity contribution in [3.63, 3.8) is 0 Å². The van der Waals surface area contributed by atoms with Crippen molar-refractivity contribution >= 4 is 17.4 Å². The number of nitrogens with two attached hydrogens (primary N) is 1. The minimum absolute atomic E-state index is 0.137. The summed E-state index contributed by atoms with van der Waals surface area (Å²) in [6.07, 6.45) is 0. The maximum Gasteiger partial charge on any atom is 0.147 e. The first-order valence-corrected chi connectivity index (χ1v) is 6.87. The van der Waals surface area contributed by atoms with Crippen LogP contribution in [0, 0.1) is 17.1 Å². The highest BCUT2D eigenvalue weighted by atomic mass is 32.2. The monoisotopic (exact) mass is 288 g/mol. The van der Waals surface area contributed by atoms with Gasteiger partial charge in [-0.25, -0.2) is 4.39 Å². The zero-order valence-electron chi connectivity index (χ0n) is 10.9. The van der Waals surface area contributed by atoms with Crippen molar-refractivity contribution in [1.29, 1.82) is 5.26 Å². The van der Waals surface area contributed by atoms with Gasteiger partial charge < -0.3 is 10.5 Å². The van der Waals surface area contributed by atoms with E-state index in [0.29, 0.717) is 17.1 Å². The van der Waals surface area contributed by atoms with Crippen molar-refractivity contribution in [3.05, 3.63) is 53.3 Å². The van der Waals surface area contributed by atoms with E-state index in [4.69, 9.17) is 15.7 Å². The second-order valence-electron chi connectivity index (χ2n) is 4.11. The number of ether oxygens (including phenoxy) is 1. The van der Waals surface area contributed by atoms with E-state index in [2.05, 4.69) is 6.07 Å². The first-order valence-electron chi connectivity index (χ1n) is 5.89. The summed E-state index contributed by atoms with van der Waals surface area (Å²) < 4.78 is 18.6. The first kappa shape index (κ1) is 14.2. The number of hydrogen-bond donors (Lipinski definition) is 1. The molecular formula is C15H13FN2OS. The number of thioether (sulfide) groups is 1. The van der Waals surface area contributed by atoms with Gasteiger partial charge in [-0.2, -0.15) is 5.26 Å². The molecular weight excluding hydrogens is 275 g/mol. The Balaban J connectivity index is 2.17. The number of methoxy groups -OCH3 is 1. The predicted molar refractivity (Wildman–Crippen MR) is 78.1 cm³/mol. The Kier molecular flexibility index (Phi) is 4.49. The zero-order valence-corrected chi connectivity index (χ0v) is 11.7. The quantitative estimate of drug-likeness (QED) is 0.690. The third-order valence-electron chi connectivity index (χ3n) is 2.78. The molecule has 0 spiro atoms. The van der Waals surface area contributed by atoms with Gasteiger partial charge in [0.25, 0.3) is 0 Å². The van der Waals surface area contributed by atoms with Crippen LogP contribution in [0.15, 0.2) is 41.3 Å². The minimum Gasteiger partial charge on any atom is -0.496 e. The van der Waals surface area contributed by atoms with Crippen LogP contribution in [-0.2, 0) is 5.75 Å². The fraction of sp³-hybridized carbons (Fsp3) is 0.133. The van der Waals surface area contributed by atoms with E-state index in [0.717, 1.165) is 10.5 Å². The smallest absolute Gasteiger partial charge is 0.147 e. The Labute approximate surface area is 121 Å². The summed E-state index contributed by atoms with van der Waals surface area (Å²) in [6.45, 7) is 0. The van der Waals surface area contributed by atoms with Crippen LogP contribution in [0.5, 0.6) is 5.75 Å². The molecule has 0 aliphatic heterocycles. The lowest BCUT2D eigenvalue weighted by Gasteiger charge is -2.09. The summed E-state index contributed by atoms with van der Waals surface area (Å²) in [5.41, 5.74) is 7.05. The van der Waals surface area contributed by atoms with Crippen molar-refractivity contribution in [2.75, 3.05) is 12.8 Å². The third kappa shape index (κ3) is 3.22. The second kappa shape index (κ2) is 6.31. The molecule has 0 aromatic heterocycles. The van der Waals surface area contributed by atoms with Gasteiger partial charge in [0, 0.05) is 16.2 Å². The Bertz CT molecular complexity index is 667. The highest BCUT2D eigenvalue weighted by molar-refractivity contribution is 7.98. The average Bonchev–Trinajstić information content (AvgIpc) is 2.48. The van der Waals surface area contributed by atoms with E-state index < -0.39 is 5.82 Å². The Morgan fingerprint density at radius 2 is 2.10 bits per heavy atom. The van der Waals surface area contributed by atoms with Gasteiger partial charge in [0.15, 0.2) is 0 Å². The van der Waals surface area contributed by atoms with Crippen LogP contribution in [0.25, 0.3) is 0 Å². The molecule has 2 rings (SSSR count). The summed E-state index contributed by atoms with van der Waals surface area (Å²) in [5.74, 6) is 0.877. The average molecular weight is 288 g/mol. The number of rotatable bonds is 4. The summed E-state index contributed by atoms with van der Waals surface area (Å²) in [6, 6.07) is 12.0. The van der Waals surface area contributed by atoms with E-state index in [1.165, 1.54) is 17.8 Å². The van der Waals surface area contributed by atoms with E-state index in [9.17, 15) is 4.39 Å². The molecule has 0 amide bonds. The summed E-state index contributed by atoms with van der Waals surface area (Å²) >= 11 is 1.46. The first-order chi connectivity index (χ1) is 9.63. The number of nitrogen functional groups attached to an aromatic ring is 1. The number of nitriles is 1. The molecule has 0 fully saturated rings. The summed E-state index contributed by atoms with van der Waals surface area (Å²) in [5, 5.41) is 8.92. The van der Waals surface area contributed by atoms with Crippen LogP contribution in [0.4, 0.5) is 10.1 Å². The Hall–Kier alpha value is -2.19. The number of hydrogen-bond acceptors (Lipinski definition) is 4. The molecule has 3 nitrogen and oxygen atoms in total. The van der Waals surface area contributed by atoms with E-state index >= 15 is 0 Å². The van der Waals surface area contributed by atoms with Gasteiger partial charge in [-0.05, 0) is 36.4 Å². The molecule has 0 atom stereocenters. The van der Waals surface area contributed by atoms with E-state index in [1.807, 2.05) is 0 Å². The molecule has 102 valence electrons. The minimum atomic E-state index is -0.423. The molecule has 0 saturated carbocycles. The third-order valence-corrected chi connectivity index (χ3v) is 3.82. The SMILES string of the molecule is COc1ccc(C#N)cc1CSc1ccc(N)c(F)c1. The van der Waals surface area contributed by atoms with Gasteiger partial charge in [0.1, 0.15) is 11.6 Å². The number of nitrogens with zero attached hydrogens (tertiary/aromatic N) is 1. The van der Waals surface area contributed by atoms with Gasteiger partial charge in [-0.15, -0.1) is 11.8 Å². The lowest BCUT2D eigenvalue weighted by Crippen LogP contribution is -1.92. The van der Waals surface area contributed by atoms with Gasteiger partial charge in [-0.1, -0.05) is 0 Å². The van der Waals surface area contributed by atoms with Gasteiger partial charge in [0.05, 0.1) is 24.4 Å². The lowest BCUT2D eigenvalue weighted by molar-refractivity contribution is 0.411. The van der Waals surface area contributed by atoms with Crippen molar-refractivity contribution in [3.8, 4) is 11.8 Å². The zero-order chi connectivity index (χ0) is 14.5. The van der Waals surface area contributed by atoms with Crippen molar-refractivity contribution in [2.24, 2.45) is 0 Å². The number of halogens is 1. The van der Waals surface area contributed by atoms with E-state index in [-0.39, 0.29) is 5.69 Å².